The van der Waals surface area contributed by atoms with E-state index < -0.39 is 12.6 Å². The van der Waals surface area contributed by atoms with E-state index in [-0.39, 0.29) is 0 Å². The first-order valence-corrected chi connectivity index (χ1v) is 5.33. The van der Waals surface area contributed by atoms with E-state index in [0.29, 0.717) is 6.42 Å². The summed E-state index contributed by atoms with van der Waals surface area (Å²) < 4.78 is 35.3. The van der Waals surface area contributed by atoms with Gasteiger partial charge in [-0.1, -0.05) is 42.5 Å². The molecule has 0 aliphatic carbocycles. The average Bonchev–Trinajstić information content (AvgIpc) is 2.23. The second kappa shape index (κ2) is 6.36. The van der Waals surface area contributed by atoms with E-state index in [1.165, 1.54) is 11.6 Å². The molecule has 1 aromatic rings. The Kier molecular flexibility index (Phi) is 5.09. The van der Waals surface area contributed by atoms with Gasteiger partial charge in [0.15, 0.2) is 0 Å². The summed E-state index contributed by atoms with van der Waals surface area (Å²) in [6, 6.07) is 9.94. The van der Waals surface area contributed by atoms with Crippen molar-refractivity contribution in [1.29, 1.82) is 0 Å². The van der Waals surface area contributed by atoms with Crippen LogP contribution in [0.2, 0.25) is 0 Å². The Bertz CT molecular complexity index is 312. The zero-order valence-electron chi connectivity index (χ0n) is 9.00. The first-order chi connectivity index (χ1) is 7.58. The predicted octanol–water partition coefficient (Wildman–Crippen LogP) is 4.52. The highest BCUT2D eigenvalue weighted by molar-refractivity contribution is 5.14. The number of halogens is 3. The minimum Gasteiger partial charge on any atom is -0.171 e. The summed E-state index contributed by atoms with van der Waals surface area (Å²) in [6.07, 6.45) is 0.413. The Balaban J connectivity index is 2.13. The maximum absolute atomic E-state index is 11.8. The van der Waals surface area contributed by atoms with Crippen LogP contribution in [-0.2, 0) is 6.42 Å². The van der Waals surface area contributed by atoms with Crippen molar-refractivity contribution >= 4 is 0 Å². The van der Waals surface area contributed by atoms with E-state index in [4.69, 9.17) is 0 Å². The fourth-order valence-electron chi connectivity index (χ4n) is 1.40. The Morgan fingerprint density at radius 2 is 1.69 bits per heavy atom. The van der Waals surface area contributed by atoms with Crippen LogP contribution in [0.15, 0.2) is 42.5 Å². The largest absolute Gasteiger partial charge is 0.392 e. The van der Waals surface area contributed by atoms with Crippen LogP contribution in [0.25, 0.3) is 0 Å². The molecule has 0 aromatic heterocycles. The molecule has 0 nitrogen and oxygen atoms in total. The summed E-state index contributed by atoms with van der Waals surface area (Å²) >= 11 is 0. The number of hydrogen-bond acceptors (Lipinski definition) is 0. The van der Waals surface area contributed by atoms with Crippen LogP contribution in [-0.4, -0.2) is 6.18 Å². The molecule has 0 fully saturated rings. The van der Waals surface area contributed by atoms with E-state index in [9.17, 15) is 13.2 Å². The van der Waals surface area contributed by atoms with E-state index in [0.717, 1.165) is 12.8 Å². The first-order valence-electron chi connectivity index (χ1n) is 5.33. The van der Waals surface area contributed by atoms with Crippen molar-refractivity contribution in [1.82, 2.24) is 0 Å². The number of aryl methyl sites for hydroxylation is 1. The third-order valence-electron chi connectivity index (χ3n) is 2.20. The highest BCUT2D eigenvalue weighted by atomic mass is 19.4. The van der Waals surface area contributed by atoms with Crippen LogP contribution in [0.4, 0.5) is 13.2 Å². The molecule has 0 aliphatic heterocycles. The van der Waals surface area contributed by atoms with Crippen molar-refractivity contribution < 1.29 is 13.2 Å². The van der Waals surface area contributed by atoms with E-state index in [2.05, 4.69) is 0 Å². The summed E-state index contributed by atoms with van der Waals surface area (Å²) in [4.78, 5) is 0. The molecule has 0 atom stereocenters. The Hall–Kier alpha value is -1.25. The zero-order chi connectivity index (χ0) is 11.9. The Morgan fingerprint density at radius 3 is 2.31 bits per heavy atom. The molecule has 0 radical (unpaired) electrons. The number of alkyl halides is 3. The maximum atomic E-state index is 11.8. The third kappa shape index (κ3) is 6.27. The standard InChI is InChI=1S/C13H15F3/c14-13(15,16)11-7-2-1-4-8-12-9-5-3-6-10-12/h2-3,5-7,9-10H,1,4,8,11H2. The minimum atomic E-state index is -4.07. The molecule has 1 rings (SSSR count). The molecule has 0 spiro atoms. The van der Waals surface area contributed by atoms with Crippen LogP contribution < -0.4 is 0 Å². The molecule has 0 aliphatic rings. The lowest BCUT2D eigenvalue weighted by Crippen LogP contribution is -2.03. The molecule has 0 saturated carbocycles. The van der Waals surface area contributed by atoms with Gasteiger partial charge in [0.1, 0.15) is 0 Å². The third-order valence-corrected chi connectivity index (χ3v) is 2.20. The summed E-state index contributed by atoms with van der Waals surface area (Å²) in [7, 11) is 0. The maximum Gasteiger partial charge on any atom is 0.392 e. The molecule has 0 N–H and O–H groups in total. The van der Waals surface area contributed by atoms with E-state index in [1.54, 1.807) is 6.08 Å². The first kappa shape index (κ1) is 12.8. The molecule has 16 heavy (non-hydrogen) atoms. The smallest absolute Gasteiger partial charge is 0.171 e. The summed E-state index contributed by atoms with van der Waals surface area (Å²) in [5.74, 6) is 0. The van der Waals surface area contributed by atoms with Crippen molar-refractivity contribution in [2.75, 3.05) is 0 Å². The Morgan fingerprint density at radius 1 is 1.00 bits per heavy atom. The number of allylic oxidation sites excluding steroid dienone is 2. The molecule has 0 amide bonds. The summed E-state index contributed by atoms with van der Waals surface area (Å²) in [5.41, 5.74) is 1.23. The fraction of sp³-hybridized carbons (Fsp3) is 0.385. The number of unbranched alkanes of at least 4 members (excludes halogenated alkanes) is 1. The van der Waals surface area contributed by atoms with Crippen molar-refractivity contribution in [3.63, 3.8) is 0 Å². The van der Waals surface area contributed by atoms with Crippen LogP contribution in [0.5, 0.6) is 0 Å². The van der Waals surface area contributed by atoms with Gasteiger partial charge in [0, 0.05) is 0 Å². The molecular formula is C13H15F3. The Labute approximate surface area is 93.8 Å². The van der Waals surface area contributed by atoms with Gasteiger partial charge in [0.25, 0.3) is 0 Å². The van der Waals surface area contributed by atoms with Gasteiger partial charge < -0.3 is 0 Å². The molecule has 0 heterocycles. The van der Waals surface area contributed by atoms with Crippen LogP contribution in [0.3, 0.4) is 0 Å². The number of hydrogen-bond donors (Lipinski definition) is 0. The van der Waals surface area contributed by atoms with Crippen molar-refractivity contribution in [2.24, 2.45) is 0 Å². The van der Waals surface area contributed by atoms with Crippen LogP contribution >= 0.6 is 0 Å². The fourth-order valence-corrected chi connectivity index (χ4v) is 1.40. The van der Waals surface area contributed by atoms with Crippen LogP contribution in [0, 0.1) is 0 Å². The molecule has 3 heteroatoms. The monoisotopic (exact) mass is 228 g/mol. The van der Waals surface area contributed by atoms with Gasteiger partial charge in [-0.3, -0.25) is 0 Å². The molecule has 0 unspecified atom stereocenters. The van der Waals surface area contributed by atoms with Crippen LogP contribution in [0.1, 0.15) is 24.8 Å². The highest BCUT2D eigenvalue weighted by Gasteiger charge is 2.24. The molecule has 0 saturated heterocycles. The minimum absolute atomic E-state index is 0.699. The average molecular weight is 228 g/mol. The predicted molar refractivity (Wildman–Crippen MR) is 59.2 cm³/mol. The lowest BCUT2D eigenvalue weighted by Gasteiger charge is -2.00. The lowest BCUT2D eigenvalue weighted by molar-refractivity contribution is -0.125. The molecule has 0 bridgehead atoms. The van der Waals surface area contributed by atoms with Crippen molar-refractivity contribution in [3.05, 3.63) is 48.0 Å². The highest BCUT2D eigenvalue weighted by Crippen LogP contribution is 2.19. The molecule has 1 aromatic carbocycles. The molecular weight excluding hydrogens is 213 g/mol. The van der Waals surface area contributed by atoms with Gasteiger partial charge in [-0.05, 0) is 24.8 Å². The van der Waals surface area contributed by atoms with Gasteiger partial charge in [-0.2, -0.15) is 13.2 Å². The second-order valence-corrected chi connectivity index (χ2v) is 3.67. The van der Waals surface area contributed by atoms with E-state index >= 15 is 0 Å². The summed E-state index contributed by atoms with van der Waals surface area (Å²) in [5, 5.41) is 0. The number of rotatable bonds is 5. The van der Waals surface area contributed by atoms with Gasteiger partial charge >= 0.3 is 6.18 Å². The van der Waals surface area contributed by atoms with E-state index in [1.807, 2.05) is 30.3 Å². The van der Waals surface area contributed by atoms with Gasteiger partial charge in [-0.25, -0.2) is 0 Å². The topological polar surface area (TPSA) is 0 Å². The van der Waals surface area contributed by atoms with Crippen molar-refractivity contribution in [3.8, 4) is 0 Å². The van der Waals surface area contributed by atoms with Gasteiger partial charge in [-0.15, -0.1) is 0 Å². The SMILES string of the molecule is FC(F)(F)CC=CCCCc1ccccc1. The normalized spacial score (nSPS) is 12.2. The van der Waals surface area contributed by atoms with Gasteiger partial charge in [0.2, 0.25) is 0 Å². The van der Waals surface area contributed by atoms with Crippen molar-refractivity contribution in [2.45, 2.75) is 31.9 Å². The lowest BCUT2D eigenvalue weighted by atomic mass is 10.1. The summed E-state index contributed by atoms with van der Waals surface area (Å²) in [6.45, 7) is 0. The quantitative estimate of drug-likeness (QED) is 0.513. The number of benzene rings is 1. The second-order valence-electron chi connectivity index (χ2n) is 3.67. The van der Waals surface area contributed by atoms with Gasteiger partial charge in [0.05, 0.1) is 6.42 Å². The molecule has 88 valence electrons. The zero-order valence-corrected chi connectivity index (χ0v) is 9.00.